The van der Waals surface area contributed by atoms with Crippen molar-refractivity contribution in [3.8, 4) is 28.4 Å². The van der Waals surface area contributed by atoms with Crippen LogP contribution in [-0.4, -0.2) is 51.0 Å². The summed E-state index contributed by atoms with van der Waals surface area (Å²) >= 11 is -2.45. The van der Waals surface area contributed by atoms with Crippen molar-refractivity contribution < 1.29 is 27.9 Å². The monoisotopic (exact) mass is 579 g/mol. The van der Waals surface area contributed by atoms with Crippen LogP contribution in [0.5, 0.6) is 17.2 Å². The number of benzene rings is 3. The van der Waals surface area contributed by atoms with Crippen molar-refractivity contribution in [2.75, 3.05) is 44.2 Å². The number of methoxy groups -OCH3 is 2. The molecule has 3 aromatic carbocycles. The fourth-order valence-corrected chi connectivity index (χ4v) is 4.48. The third kappa shape index (κ3) is 6.98. The van der Waals surface area contributed by atoms with Crippen LogP contribution >= 0.6 is 0 Å². The van der Waals surface area contributed by atoms with Gasteiger partial charge in [0.15, 0.2) is 11.5 Å². The first-order valence-corrected chi connectivity index (χ1v) is 13.2. The largest absolute Gasteiger partial charge is 0.768 e. The Labute approximate surface area is 237 Å². The number of non-ortho nitro benzene ring substituents is 1. The number of nitro groups is 1. The maximum absolute atomic E-state index is 11.6. The van der Waals surface area contributed by atoms with E-state index in [2.05, 4.69) is 15.3 Å². The predicted octanol–water partition coefficient (Wildman–Crippen LogP) is 3.55. The SMILES string of the molecule is COc1cc(Cc2cnc(N)nc2N)cc(OC)c1OCCNc1ccc(S(=O)[O-])cc1-c1ccc([N+](=O)[O-])cc1. The molecule has 0 bridgehead atoms. The predicted molar refractivity (Wildman–Crippen MR) is 153 cm³/mol. The molecule has 13 nitrogen and oxygen atoms in total. The van der Waals surface area contributed by atoms with E-state index in [1.165, 1.54) is 38.5 Å². The summed E-state index contributed by atoms with van der Waals surface area (Å²) in [4.78, 5) is 18.6. The van der Waals surface area contributed by atoms with Gasteiger partial charge in [0.1, 0.15) is 12.4 Å². The molecule has 0 spiro atoms. The summed E-state index contributed by atoms with van der Waals surface area (Å²) in [5.41, 5.74) is 14.8. The third-order valence-corrected chi connectivity index (χ3v) is 6.71. The quantitative estimate of drug-likeness (QED) is 0.0955. The van der Waals surface area contributed by atoms with Crippen LogP contribution in [0.2, 0.25) is 0 Å². The van der Waals surface area contributed by atoms with Crippen LogP contribution in [-0.2, 0) is 17.5 Å². The first-order valence-electron chi connectivity index (χ1n) is 12.2. The Morgan fingerprint density at radius 3 is 2.29 bits per heavy atom. The number of nitrogens with zero attached hydrogens (tertiary/aromatic N) is 3. The molecule has 0 aliphatic heterocycles. The highest BCUT2D eigenvalue weighted by Gasteiger charge is 2.16. The first kappa shape index (κ1) is 29.0. The van der Waals surface area contributed by atoms with E-state index in [1.54, 1.807) is 36.5 Å². The van der Waals surface area contributed by atoms with E-state index in [0.29, 0.717) is 52.6 Å². The molecule has 0 saturated carbocycles. The van der Waals surface area contributed by atoms with Gasteiger partial charge in [0, 0.05) is 53.0 Å². The summed E-state index contributed by atoms with van der Waals surface area (Å²) in [6.45, 7) is 0.521. The Hall–Kier alpha value is -4.95. The summed E-state index contributed by atoms with van der Waals surface area (Å²) in [5, 5.41) is 14.3. The average Bonchev–Trinajstić information content (AvgIpc) is 2.96. The molecule has 0 aliphatic carbocycles. The fraction of sp³-hybridized carbons (Fsp3) is 0.185. The number of aromatic nitrogens is 2. The number of hydrogen-bond donors (Lipinski definition) is 3. The highest BCUT2D eigenvalue weighted by Crippen LogP contribution is 2.39. The molecule has 41 heavy (non-hydrogen) atoms. The van der Waals surface area contributed by atoms with Crippen molar-refractivity contribution in [3.63, 3.8) is 0 Å². The van der Waals surface area contributed by atoms with Crippen molar-refractivity contribution >= 4 is 34.2 Å². The molecule has 214 valence electrons. The zero-order valence-corrected chi connectivity index (χ0v) is 23.0. The number of ether oxygens (including phenoxy) is 3. The number of anilines is 3. The Kier molecular flexibility index (Phi) is 9.16. The van der Waals surface area contributed by atoms with E-state index in [0.717, 1.165) is 5.56 Å². The molecule has 4 aromatic rings. The van der Waals surface area contributed by atoms with Gasteiger partial charge in [0.25, 0.3) is 5.69 Å². The molecule has 1 atom stereocenters. The van der Waals surface area contributed by atoms with E-state index < -0.39 is 16.0 Å². The zero-order chi connectivity index (χ0) is 29.5. The van der Waals surface area contributed by atoms with E-state index in [4.69, 9.17) is 25.7 Å². The standard InChI is InChI=1S/C27H28N6O7S/c1-38-23-12-16(11-18-15-31-27(29)32-26(18)28)13-24(39-2)25(23)40-10-9-30-22-8-7-20(41(36)37)14-21(22)17-3-5-19(6-4-17)33(34)35/h3-8,12-15,30H,9-11H2,1-2H3,(H,36,37)(H4,28,29,31,32)/p-1. The highest BCUT2D eigenvalue weighted by molar-refractivity contribution is 7.79. The molecule has 14 heteroatoms. The van der Waals surface area contributed by atoms with Gasteiger partial charge in [-0.2, -0.15) is 4.98 Å². The molecule has 0 radical (unpaired) electrons. The Morgan fingerprint density at radius 1 is 1.02 bits per heavy atom. The van der Waals surface area contributed by atoms with E-state index >= 15 is 0 Å². The van der Waals surface area contributed by atoms with Gasteiger partial charge < -0.3 is 35.5 Å². The maximum Gasteiger partial charge on any atom is 0.269 e. The topological polar surface area (TPSA) is 201 Å². The van der Waals surface area contributed by atoms with Crippen LogP contribution in [0, 0.1) is 10.1 Å². The van der Waals surface area contributed by atoms with Crippen molar-refractivity contribution in [1.29, 1.82) is 0 Å². The molecule has 1 unspecified atom stereocenters. The van der Waals surface area contributed by atoms with E-state index in [-0.39, 0.29) is 29.0 Å². The Morgan fingerprint density at radius 2 is 1.71 bits per heavy atom. The molecule has 0 fully saturated rings. The van der Waals surface area contributed by atoms with Gasteiger partial charge in [0.05, 0.1) is 19.1 Å². The number of nitro benzene ring substituents is 1. The number of nitrogens with one attached hydrogen (secondary N) is 1. The lowest BCUT2D eigenvalue weighted by molar-refractivity contribution is -0.384. The molecule has 0 saturated heterocycles. The molecule has 0 aliphatic rings. The molecular formula is C27H27N6O7S-. The molecule has 5 N–H and O–H groups in total. The van der Waals surface area contributed by atoms with Gasteiger partial charge in [-0.1, -0.05) is 0 Å². The zero-order valence-electron chi connectivity index (χ0n) is 22.2. The second kappa shape index (κ2) is 12.9. The van der Waals surface area contributed by atoms with Crippen LogP contribution in [0.25, 0.3) is 11.1 Å². The Balaban J connectivity index is 1.50. The van der Waals surface area contributed by atoms with Gasteiger partial charge in [-0.05, 0) is 64.7 Å². The van der Waals surface area contributed by atoms with Crippen LogP contribution in [0.15, 0.2) is 65.7 Å². The smallest absolute Gasteiger partial charge is 0.269 e. The fourth-order valence-electron chi connectivity index (χ4n) is 4.09. The van der Waals surface area contributed by atoms with Gasteiger partial charge >= 0.3 is 0 Å². The average molecular weight is 580 g/mol. The molecule has 1 aromatic heterocycles. The normalized spacial score (nSPS) is 11.5. The lowest BCUT2D eigenvalue weighted by Gasteiger charge is -2.18. The molecule has 1 heterocycles. The van der Waals surface area contributed by atoms with Gasteiger partial charge in [-0.3, -0.25) is 14.3 Å². The second-order valence-electron chi connectivity index (χ2n) is 8.67. The van der Waals surface area contributed by atoms with Crippen LogP contribution < -0.4 is 31.0 Å². The number of hydrogen-bond acceptors (Lipinski definition) is 12. The number of nitrogens with two attached hydrogens (primary N) is 2. The van der Waals surface area contributed by atoms with Crippen molar-refractivity contribution in [1.82, 2.24) is 9.97 Å². The van der Waals surface area contributed by atoms with E-state index in [9.17, 15) is 18.9 Å². The summed E-state index contributed by atoms with van der Waals surface area (Å²) in [7, 11) is 3.03. The summed E-state index contributed by atoms with van der Waals surface area (Å²) < 4.78 is 40.3. The third-order valence-electron chi connectivity index (χ3n) is 6.07. The molecule has 0 amide bonds. The first-order chi connectivity index (χ1) is 19.7. The van der Waals surface area contributed by atoms with Crippen molar-refractivity contribution in [3.05, 3.63) is 82.0 Å². The van der Waals surface area contributed by atoms with Crippen LogP contribution in [0.1, 0.15) is 11.1 Å². The van der Waals surface area contributed by atoms with E-state index in [1.807, 2.05) is 0 Å². The molecule has 4 rings (SSSR count). The minimum Gasteiger partial charge on any atom is -0.768 e. The summed E-state index contributed by atoms with van der Waals surface area (Å²) in [6, 6.07) is 14.0. The lowest BCUT2D eigenvalue weighted by Crippen LogP contribution is -2.13. The van der Waals surface area contributed by atoms with Crippen molar-refractivity contribution in [2.24, 2.45) is 0 Å². The van der Waals surface area contributed by atoms with Gasteiger partial charge in [-0.25, -0.2) is 4.98 Å². The lowest BCUT2D eigenvalue weighted by atomic mass is 10.0. The Bertz CT molecular complexity index is 1560. The van der Waals surface area contributed by atoms with Crippen LogP contribution in [0.4, 0.5) is 23.1 Å². The summed E-state index contributed by atoms with van der Waals surface area (Å²) in [6.07, 6.45) is 1.98. The number of nitrogen functional groups attached to an aromatic ring is 2. The minimum atomic E-state index is -2.45. The highest BCUT2D eigenvalue weighted by atomic mass is 32.2. The summed E-state index contributed by atoms with van der Waals surface area (Å²) in [5.74, 6) is 1.67. The maximum atomic E-state index is 11.6. The van der Waals surface area contributed by atoms with Crippen LogP contribution in [0.3, 0.4) is 0 Å². The number of rotatable bonds is 12. The molecular weight excluding hydrogens is 552 g/mol. The van der Waals surface area contributed by atoms with Gasteiger partial charge in [-0.15, -0.1) is 0 Å². The minimum absolute atomic E-state index is 0.0700. The van der Waals surface area contributed by atoms with Gasteiger partial charge in [0.2, 0.25) is 11.7 Å². The second-order valence-corrected chi connectivity index (χ2v) is 9.61. The van der Waals surface area contributed by atoms with Crippen molar-refractivity contribution in [2.45, 2.75) is 11.3 Å².